The van der Waals surface area contributed by atoms with E-state index in [1.165, 1.54) is 23.8 Å². The Morgan fingerprint density at radius 1 is 1.07 bits per heavy atom. The maximum Gasteiger partial charge on any atom is 0.255 e. The molecule has 1 amide bonds. The molecule has 4 rings (SSSR count). The summed E-state index contributed by atoms with van der Waals surface area (Å²) in [5, 5.41) is 1.29. The molecule has 6 heteroatoms. The minimum Gasteiger partial charge on any atom is -0.336 e. The van der Waals surface area contributed by atoms with E-state index in [0.717, 1.165) is 30.5 Å². The summed E-state index contributed by atoms with van der Waals surface area (Å²) < 4.78 is 13.2. The summed E-state index contributed by atoms with van der Waals surface area (Å²) in [6.07, 6.45) is 1.81. The third kappa shape index (κ3) is 3.80. The molecule has 3 aromatic rings. The zero-order valence-corrected chi connectivity index (χ0v) is 15.5. The second kappa shape index (κ2) is 7.62. The Morgan fingerprint density at radius 3 is 2.63 bits per heavy atom. The van der Waals surface area contributed by atoms with E-state index < -0.39 is 5.82 Å². The van der Waals surface area contributed by atoms with Crippen molar-refractivity contribution >= 4 is 28.4 Å². The summed E-state index contributed by atoms with van der Waals surface area (Å²) in [6, 6.07) is 14.1. The number of pyridine rings is 1. The predicted molar refractivity (Wildman–Crippen MR) is 104 cm³/mol. The van der Waals surface area contributed by atoms with Crippen LogP contribution in [-0.2, 0) is 6.54 Å². The molecule has 1 aliphatic heterocycles. The fourth-order valence-corrected chi connectivity index (χ4v) is 3.73. The summed E-state index contributed by atoms with van der Waals surface area (Å²) in [6.45, 7) is 3.57. The molecule has 0 radical (unpaired) electrons. The van der Waals surface area contributed by atoms with Gasteiger partial charge in [-0.2, -0.15) is 0 Å². The molecule has 1 aliphatic rings. The molecule has 0 bridgehead atoms. The van der Waals surface area contributed by atoms with E-state index in [4.69, 9.17) is 11.6 Å². The number of hydrogen-bond donors (Lipinski definition) is 0. The van der Waals surface area contributed by atoms with Crippen molar-refractivity contribution in [1.29, 1.82) is 0 Å². The van der Waals surface area contributed by atoms with Gasteiger partial charge in [0.25, 0.3) is 5.91 Å². The first-order valence-electron chi connectivity index (χ1n) is 8.91. The molecule has 138 valence electrons. The smallest absolute Gasteiger partial charge is 0.255 e. The normalized spacial score (nSPS) is 15.3. The van der Waals surface area contributed by atoms with Crippen molar-refractivity contribution in [2.24, 2.45) is 0 Å². The van der Waals surface area contributed by atoms with E-state index in [9.17, 15) is 9.18 Å². The van der Waals surface area contributed by atoms with Crippen molar-refractivity contribution in [2.75, 3.05) is 26.2 Å². The third-order valence-electron chi connectivity index (χ3n) is 4.93. The van der Waals surface area contributed by atoms with Crippen LogP contribution in [0.1, 0.15) is 15.9 Å². The van der Waals surface area contributed by atoms with Gasteiger partial charge in [0.05, 0.1) is 16.1 Å². The van der Waals surface area contributed by atoms with E-state index >= 15 is 0 Å². The summed E-state index contributed by atoms with van der Waals surface area (Å²) in [5.74, 6) is -0.587. The van der Waals surface area contributed by atoms with Gasteiger partial charge in [0.1, 0.15) is 5.82 Å². The highest BCUT2D eigenvalue weighted by Crippen LogP contribution is 2.21. The van der Waals surface area contributed by atoms with Crippen LogP contribution in [0.5, 0.6) is 0 Å². The van der Waals surface area contributed by atoms with Crippen molar-refractivity contribution in [2.45, 2.75) is 6.54 Å². The number of carbonyl (C=O) groups excluding carboxylic acids is 1. The molecule has 0 N–H and O–H groups in total. The molecule has 2 heterocycles. The number of nitrogens with zero attached hydrogens (tertiary/aromatic N) is 3. The van der Waals surface area contributed by atoms with Crippen LogP contribution in [0.2, 0.25) is 5.02 Å². The third-order valence-corrected chi connectivity index (χ3v) is 5.24. The molecule has 0 saturated carbocycles. The molecule has 0 spiro atoms. The molecule has 0 atom stereocenters. The lowest BCUT2D eigenvalue weighted by atomic mass is 10.1. The van der Waals surface area contributed by atoms with Gasteiger partial charge in [-0.15, -0.1) is 0 Å². The molecule has 4 nitrogen and oxygen atoms in total. The Hall–Kier alpha value is -2.50. The van der Waals surface area contributed by atoms with Crippen LogP contribution in [0, 0.1) is 5.82 Å². The number of benzene rings is 2. The van der Waals surface area contributed by atoms with Crippen molar-refractivity contribution in [3.63, 3.8) is 0 Å². The van der Waals surface area contributed by atoms with Crippen LogP contribution < -0.4 is 0 Å². The van der Waals surface area contributed by atoms with Gasteiger partial charge in [-0.1, -0.05) is 35.9 Å². The maximum absolute atomic E-state index is 13.2. The van der Waals surface area contributed by atoms with E-state index in [1.54, 1.807) is 4.90 Å². The molecular formula is C21H19ClFN3O. The monoisotopic (exact) mass is 383 g/mol. The zero-order valence-electron chi connectivity index (χ0n) is 14.7. The van der Waals surface area contributed by atoms with Crippen LogP contribution in [0.25, 0.3) is 10.9 Å². The lowest BCUT2D eigenvalue weighted by Gasteiger charge is -2.35. The minimum absolute atomic E-state index is 0.147. The van der Waals surface area contributed by atoms with Gasteiger partial charge >= 0.3 is 0 Å². The fraction of sp³-hybridized carbons (Fsp3) is 0.238. The summed E-state index contributed by atoms with van der Waals surface area (Å²) >= 11 is 6.03. The highest BCUT2D eigenvalue weighted by atomic mass is 35.5. The summed E-state index contributed by atoms with van der Waals surface area (Å²) in [4.78, 5) is 21.3. The average Bonchev–Trinajstić information content (AvgIpc) is 2.68. The van der Waals surface area contributed by atoms with Crippen LogP contribution in [-0.4, -0.2) is 46.9 Å². The molecule has 0 aliphatic carbocycles. The van der Waals surface area contributed by atoms with E-state index in [1.807, 2.05) is 12.3 Å². The highest BCUT2D eigenvalue weighted by molar-refractivity contribution is 6.33. The first-order chi connectivity index (χ1) is 13.1. The van der Waals surface area contributed by atoms with Crippen molar-refractivity contribution < 1.29 is 9.18 Å². The minimum atomic E-state index is -0.440. The standard InChI is InChI=1S/C21H19ClFN3O/c22-19-13-17(23)6-7-18(19)21(27)26-11-9-25(10-12-26)14-16-4-1-3-15-5-2-8-24-20(15)16/h1-8,13H,9-12,14H2. The van der Waals surface area contributed by atoms with Crippen molar-refractivity contribution in [1.82, 2.24) is 14.8 Å². The van der Waals surface area contributed by atoms with Gasteiger partial charge in [0, 0.05) is 44.3 Å². The highest BCUT2D eigenvalue weighted by Gasteiger charge is 2.24. The lowest BCUT2D eigenvalue weighted by molar-refractivity contribution is 0.0629. The Bertz CT molecular complexity index is 981. The number of para-hydroxylation sites is 1. The lowest BCUT2D eigenvalue weighted by Crippen LogP contribution is -2.48. The van der Waals surface area contributed by atoms with E-state index in [-0.39, 0.29) is 10.9 Å². The maximum atomic E-state index is 13.2. The zero-order chi connectivity index (χ0) is 18.8. The van der Waals surface area contributed by atoms with Gasteiger partial charge in [-0.05, 0) is 29.8 Å². The van der Waals surface area contributed by atoms with Gasteiger partial charge < -0.3 is 4.90 Å². The Labute approximate surface area is 162 Å². The number of fused-ring (bicyclic) bond motifs is 1. The average molecular weight is 384 g/mol. The van der Waals surface area contributed by atoms with Crippen LogP contribution in [0.15, 0.2) is 54.7 Å². The SMILES string of the molecule is O=C(c1ccc(F)cc1Cl)N1CCN(Cc2cccc3cccnc23)CC1. The number of aromatic nitrogens is 1. The van der Waals surface area contributed by atoms with E-state index in [0.29, 0.717) is 18.7 Å². The number of rotatable bonds is 3. The van der Waals surface area contributed by atoms with E-state index in [2.05, 4.69) is 34.1 Å². The molecule has 1 fully saturated rings. The van der Waals surface area contributed by atoms with Gasteiger partial charge in [-0.25, -0.2) is 4.39 Å². The van der Waals surface area contributed by atoms with Gasteiger partial charge in [-0.3, -0.25) is 14.7 Å². The van der Waals surface area contributed by atoms with Crippen LogP contribution in [0.3, 0.4) is 0 Å². The topological polar surface area (TPSA) is 36.4 Å². The molecular weight excluding hydrogens is 365 g/mol. The second-order valence-electron chi connectivity index (χ2n) is 6.68. The first kappa shape index (κ1) is 17.9. The molecule has 1 saturated heterocycles. The van der Waals surface area contributed by atoms with Crippen molar-refractivity contribution in [3.8, 4) is 0 Å². The number of halogens is 2. The second-order valence-corrected chi connectivity index (χ2v) is 7.09. The molecule has 27 heavy (non-hydrogen) atoms. The predicted octanol–water partition coefficient (Wildman–Crippen LogP) is 3.99. The quantitative estimate of drug-likeness (QED) is 0.686. The first-order valence-corrected chi connectivity index (χ1v) is 9.29. The molecule has 0 unspecified atom stereocenters. The van der Waals surface area contributed by atoms with Gasteiger partial charge in [0.2, 0.25) is 0 Å². The fourth-order valence-electron chi connectivity index (χ4n) is 3.48. The molecule has 2 aromatic carbocycles. The Balaban J connectivity index is 1.42. The largest absolute Gasteiger partial charge is 0.336 e. The van der Waals surface area contributed by atoms with Crippen molar-refractivity contribution in [3.05, 3.63) is 76.7 Å². The van der Waals surface area contributed by atoms with Gasteiger partial charge in [0.15, 0.2) is 0 Å². The molecule has 1 aromatic heterocycles. The Morgan fingerprint density at radius 2 is 1.85 bits per heavy atom. The number of carbonyl (C=O) groups is 1. The number of hydrogen-bond acceptors (Lipinski definition) is 3. The summed E-state index contributed by atoms with van der Waals surface area (Å²) in [7, 11) is 0. The Kier molecular flexibility index (Phi) is 5.05. The van der Waals surface area contributed by atoms with Crippen LogP contribution in [0.4, 0.5) is 4.39 Å². The van der Waals surface area contributed by atoms with Crippen LogP contribution >= 0.6 is 11.6 Å². The summed E-state index contributed by atoms with van der Waals surface area (Å²) in [5.41, 5.74) is 2.57. The number of piperazine rings is 1. The number of amides is 1.